The molecular formula is C12H14ClFO. The fourth-order valence-electron chi connectivity index (χ4n) is 1.44. The molecule has 0 aliphatic heterocycles. The van der Waals surface area contributed by atoms with Gasteiger partial charge >= 0.3 is 0 Å². The van der Waals surface area contributed by atoms with Crippen molar-refractivity contribution in [3.05, 3.63) is 46.8 Å². The molecule has 1 aromatic carbocycles. The fraction of sp³-hybridized carbons (Fsp3) is 0.333. The lowest BCUT2D eigenvalue weighted by Crippen LogP contribution is -2.12. The summed E-state index contributed by atoms with van der Waals surface area (Å²) >= 11 is 5.84. The maximum Gasteiger partial charge on any atom is 0.127 e. The number of rotatable bonds is 4. The number of halogens is 2. The minimum atomic E-state index is -0.628. The van der Waals surface area contributed by atoms with Crippen LogP contribution in [0.25, 0.3) is 0 Å². The van der Waals surface area contributed by atoms with Crippen LogP contribution in [0.5, 0.6) is 0 Å². The lowest BCUT2D eigenvalue weighted by molar-refractivity contribution is 0.174. The molecule has 1 nitrogen and oxygen atoms in total. The Morgan fingerprint density at radius 2 is 2.27 bits per heavy atom. The largest absolute Gasteiger partial charge is 0.392 e. The first-order valence-corrected chi connectivity index (χ1v) is 5.14. The van der Waals surface area contributed by atoms with Gasteiger partial charge in [0.2, 0.25) is 0 Å². The molecule has 0 saturated carbocycles. The molecule has 0 amide bonds. The Morgan fingerprint density at radius 1 is 1.60 bits per heavy atom. The number of aliphatic hydroxyl groups excluding tert-OH is 1. The van der Waals surface area contributed by atoms with Gasteiger partial charge in [-0.05, 0) is 25.5 Å². The molecule has 0 aliphatic carbocycles. The van der Waals surface area contributed by atoms with E-state index in [1.807, 2.05) is 6.92 Å². The van der Waals surface area contributed by atoms with Crippen LogP contribution >= 0.6 is 11.6 Å². The molecule has 0 aliphatic rings. The zero-order valence-electron chi connectivity index (χ0n) is 8.63. The van der Waals surface area contributed by atoms with E-state index in [-0.39, 0.29) is 12.2 Å². The van der Waals surface area contributed by atoms with E-state index in [4.69, 9.17) is 11.6 Å². The average Bonchev–Trinajstić information content (AvgIpc) is 2.10. The van der Waals surface area contributed by atoms with Crippen molar-refractivity contribution in [3.63, 3.8) is 0 Å². The minimum Gasteiger partial charge on any atom is -0.392 e. The van der Waals surface area contributed by atoms with E-state index >= 15 is 0 Å². The van der Waals surface area contributed by atoms with Crippen molar-refractivity contribution in [2.45, 2.75) is 25.9 Å². The van der Waals surface area contributed by atoms with Crippen LogP contribution in [0, 0.1) is 5.82 Å². The number of aliphatic hydroxyl groups is 1. The summed E-state index contributed by atoms with van der Waals surface area (Å²) in [4.78, 5) is 0. The highest BCUT2D eigenvalue weighted by atomic mass is 35.5. The summed E-state index contributed by atoms with van der Waals surface area (Å²) in [7, 11) is 0. The molecule has 3 heteroatoms. The Labute approximate surface area is 94.2 Å². The number of hydrogen-bond donors (Lipinski definition) is 1. The smallest absolute Gasteiger partial charge is 0.127 e. The summed E-state index contributed by atoms with van der Waals surface area (Å²) in [5.74, 6) is -0.372. The quantitative estimate of drug-likeness (QED) is 0.784. The van der Waals surface area contributed by atoms with Crippen molar-refractivity contribution >= 4 is 11.6 Å². The SMILES string of the molecule is C=C(C)CC(O)Cc1c(F)cccc1Cl. The Morgan fingerprint density at radius 3 is 2.80 bits per heavy atom. The molecule has 0 saturated heterocycles. The van der Waals surface area contributed by atoms with Gasteiger partial charge in [0.1, 0.15) is 5.82 Å². The first-order chi connectivity index (χ1) is 7.00. The average molecular weight is 229 g/mol. The van der Waals surface area contributed by atoms with Gasteiger partial charge in [-0.2, -0.15) is 0 Å². The molecule has 82 valence electrons. The third kappa shape index (κ3) is 3.65. The van der Waals surface area contributed by atoms with Crippen LogP contribution in [0.3, 0.4) is 0 Å². The minimum absolute atomic E-state index is 0.221. The Balaban J connectivity index is 2.76. The molecule has 1 unspecified atom stereocenters. The maximum absolute atomic E-state index is 13.3. The van der Waals surface area contributed by atoms with E-state index in [1.165, 1.54) is 6.07 Å². The maximum atomic E-state index is 13.3. The lowest BCUT2D eigenvalue weighted by Gasteiger charge is -2.12. The predicted octanol–water partition coefficient (Wildman–Crippen LogP) is 3.35. The van der Waals surface area contributed by atoms with Gasteiger partial charge in [0.05, 0.1) is 6.10 Å². The lowest BCUT2D eigenvalue weighted by atomic mass is 10.0. The third-order valence-electron chi connectivity index (χ3n) is 2.09. The van der Waals surface area contributed by atoms with Crippen LogP contribution in [0.2, 0.25) is 5.02 Å². The zero-order valence-corrected chi connectivity index (χ0v) is 9.39. The zero-order chi connectivity index (χ0) is 11.4. The van der Waals surface area contributed by atoms with Gasteiger partial charge in [0, 0.05) is 17.0 Å². The highest BCUT2D eigenvalue weighted by Crippen LogP contribution is 2.21. The van der Waals surface area contributed by atoms with Gasteiger partial charge in [-0.1, -0.05) is 23.2 Å². The van der Waals surface area contributed by atoms with E-state index in [9.17, 15) is 9.50 Å². The second kappa shape index (κ2) is 5.29. The molecular weight excluding hydrogens is 215 g/mol. The van der Waals surface area contributed by atoms with Crippen LogP contribution in [0.1, 0.15) is 18.9 Å². The second-order valence-corrected chi connectivity index (χ2v) is 4.13. The van der Waals surface area contributed by atoms with Gasteiger partial charge in [-0.15, -0.1) is 6.58 Å². The van der Waals surface area contributed by atoms with E-state index in [0.717, 1.165) is 5.57 Å². The first-order valence-electron chi connectivity index (χ1n) is 4.76. The molecule has 0 aromatic heterocycles. The number of hydrogen-bond acceptors (Lipinski definition) is 1. The molecule has 0 radical (unpaired) electrons. The molecule has 1 atom stereocenters. The van der Waals surface area contributed by atoms with Gasteiger partial charge in [-0.25, -0.2) is 4.39 Å². The van der Waals surface area contributed by atoms with Crippen LogP contribution < -0.4 is 0 Å². The molecule has 0 heterocycles. The molecule has 0 spiro atoms. The van der Waals surface area contributed by atoms with Gasteiger partial charge in [-0.3, -0.25) is 0 Å². The molecule has 1 rings (SSSR count). The van der Waals surface area contributed by atoms with E-state index < -0.39 is 6.10 Å². The summed E-state index contributed by atoms with van der Waals surface area (Å²) in [6, 6.07) is 4.51. The second-order valence-electron chi connectivity index (χ2n) is 3.72. The summed E-state index contributed by atoms with van der Waals surface area (Å²) in [5.41, 5.74) is 1.24. The van der Waals surface area contributed by atoms with Gasteiger partial charge < -0.3 is 5.11 Å². The predicted molar refractivity (Wildman–Crippen MR) is 60.6 cm³/mol. The van der Waals surface area contributed by atoms with E-state index in [1.54, 1.807) is 12.1 Å². The normalized spacial score (nSPS) is 12.5. The van der Waals surface area contributed by atoms with Crippen molar-refractivity contribution in [2.24, 2.45) is 0 Å². The van der Waals surface area contributed by atoms with Crippen LogP contribution in [-0.4, -0.2) is 11.2 Å². The third-order valence-corrected chi connectivity index (χ3v) is 2.44. The fourth-order valence-corrected chi connectivity index (χ4v) is 1.68. The van der Waals surface area contributed by atoms with Crippen molar-refractivity contribution < 1.29 is 9.50 Å². The van der Waals surface area contributed by atoms with Crippen LogP contribution in [0.4, 0.5) is 4.39 Å². The number of benzene rings is 1. The molecule has 1 aromatic rings. The monoisotopic (exact) mass is 228 g/mol. The summed E-state index contributed by atoms with van der Waals surface area (Å²) in [5, 5.41) is 9.99. The van der Waals surface area contributed by atoms with E-state index in [0.29, 0.717) is 17.0 Å². The van der Waals surface area contributed by atoms with Crippen LogP contribution in [-0.2, 0) is 6.42 Å². The standard InChI is InChI=1S/C12H14ClFO/c1-8(2)6-9(15)7-10-11(13)4-3-5-12(10)14/h3-5,9,15H,1,6-7H2,2H3. The summed E-state index contributed by atoms with van der Waals surface area (Å²) < 4.78 is 13.3. The molecule has 1 N–H and O–H groups in total. The van der Waals surface area contributed by atoms with Crippen molar-refractivity contribution in [1.29, 1.82) is 0 Å². The topological polar surface area (TPSA) is 20.2 Å². The van der Waals surface area contributed by atoms with Gasteiger partial charge in [0.25, 0.3) is 0 Å². The van der Waals surface area contributed by atoms with Crippen molar-refractivity contribution in [3.8, 4) is 0 Å². The molecule has 0 bridgehead atoms. The Hall–Kier alpha value is -0.860. The van der Waals surface area contributed by atoms with Crippen molar-refractivity contribution in [1.82, 2.24) is 0 Å². The van der Waals surface area contributed by atoms with Crippen molar-refractivity contribution in [2.75, 3.05) is 0 Å². The molecule has 0 fully saturated rings. The highest BCUT2D eigenvalue weighted by molar-refractivity contribution is 6.31. The highest BCUT2D eigenvalue weighted by Gasteiger charge is 2.12. The first kappa shape index (κ1) is 12.2. The molecule has 15 heavy (non-hydrogen) atoms. The Kier molecular flexibility index (Phi) is 4.30. The van der Waals surface area contributed by atoms with Gasteiger partial charge in [0.15, 0.2) is 0 Å². The van der Waals surface area contributed by atoms with Crippen LogP contribution in [0.15, 0.2) is 30.4 Å². The summed E-state index contributed by atoms with van der Waals surface area (Å²) in [6.07, 6.45) is 0.0557. The van der Waals surface area contributed by atoms with E-state index in [2.05, 4.69) is 6.58 Å². The Bertz CT molecular complexity index is 342. The summed E-state index contributed by atoms with van der Waals surface area (Å²) in [6.45, 7) is 5.52.